The fourth-order valence-corrected chi connectivity index (χ4v) is 5.48. The van der Waals surface area contributed by atoms with Gasteiger partial charge in [0.1, 0.15) is 12.7 Å². The summed E-state index contributed by atoms with van der Waals surface area (Å²) in [6, 6.07) is 0. The highest BCUT2D eigenvalue weighted by atomic mass is 31.2. The highest BCUT2D eigenvalue weighted by Crippen LogP contribution is 2.42. The Morgan fingerprint density at radius 1 is 0.667 bits per heavy atom. The van der Waals surface area contributed by atoms with Crippen LogP contribution in [0.25, 0.3) is 0 Å². The number of esters is 1. The number of phosphoric acid groups is 1. The lowest BCUT2D eigenvalue weighted by atomic mass is 10.0. The Morgan fingerprint density at radius 2 is 1.19 bits per heavy atom. The molecule has 0 aliphatic heterocycles. The zero-order valence-corrected chi connectivity index (χ0v) is 31.1. The molecule has 278 valence electrons. The van der Waals surface area contributed by atoms with Gasteiger partial charge in [-0.3, -0.25) is 18.6 Å². The van der Waals surface area contributed by atoms with Gasteiger partial charge in [-0.2, -0.15) is 0 Å². The number of rotatable bonds is 34. The zero-order chi connectivity index (χ0) is 35.4. The molecule has 0 fully saturated rings. The van der Waals surface area contributed by atoms with Crippen LogP contribution in [-0.2, 0) is 27.9 Å². The second kappa shape index (κ2) is 34.8. The van der Waals surface area contributed by atoms with Crippen LogP contribution in [0.1, 0.15) is 149 Å². The summed E-state index contributed by atoms with van der Waals surface area (Å²) in [6.45, 7) is 3.36. The Bertz CT molecular complexity index is 934. The van der Waals surface area contributed by atoms with Gasteiger partial charge >= 0.3 is 13.8 Å². The van der Waals surface area contributed by atoms with Gasteiger partial charge in [-0.1, -0.05) is 133 Å². The van der Waals surface area contributed by atoms with Gasteiger partial charge in [0.25, 0.3) is 0 Å². The number of hydrogen-bond donors (Lipinski definition) is 3. The molecule has 9 nitrogen and oxygen atoms in total. The van der Waals surface area contributed by atoms with Crippen molar-refractivity contribution in [3.05, 3.63) is 48.6 Å². The van der Waals surface area contributed by atoms with Crippen molar-refractivity contribution in [1.82, 2.24) is 5.32 Å². The molecule has 0 bridgehead atoms. The first-order valence-corrected chi connectivity index (χ1v) is 20.1. The Balaban J connectivity index is 3.70. The molecule has 0 aromatic carbocycles. The van der Waals surface area contributed by atoms with E-state index in [2.05, 4.69) is 67.8 Å². The summed E-state index contributed by atoms with van der Waals surface area (Å²) in [5.74, 6) is -0.562. The SMILES string of the molecule is CC/C=C\C/C=C\C/C=C\C/C=C\CCCCC(=O)NCCOP(=O)(O)OCC(O)COC(=O)CCCCCCCCCCCCCC. The van der Waals surface area contributed by atoms with Gasteiger partial charge in [-0.15, -0.1) is 0 Å². The third-order valence-electron chi connectivity index (χ3n) is 7.52. The second-order valence-electron chi connectivity index (χ2n) is 12.2. The largest absolute Gasteiger partial charge is 0.472 e. The van der Waals surface area contributed by atoms with Gasteiger partial charge in [0.05, 0.1) is 13.2 Å². The number of nitrogens with one attached hydrogen (secondary N) is 1. The summed E-state index contributed by atoms with van der Waals surface area (Å²) in [5.41, 5.74) is 0. The predicted octanol–water partition coefficient (Wildman–Crippen LogP) is 9.60. The number of hydrogen-bond acceptors (Lipinski definition) is 7. The molecule has 0 aromatic rings. The Labute approximate surface area is 292 Å². The molecule has 0 saturated carbocycles. The van der Waals surface area contributed by atoms with Gasteiger partial charge < -0.3 is 20.1 Å². The van der Waals surface area contributed by atoms with Crippen molar-refractivity contribution in [2.75, 3.05) is 26.4 Å². The maximum Gasteiger partial charge on any atom is 0.472 e. The number of ether oxygens (including phenoxy) is 1. The van der Waals surface area contributed by atoms with Crippen molar-refractivity contribution < 1.29 is 37.9 Å². The number of amides is 1. The molecule has 0 radical (unpaired) electrons. The minimum atomic E-state index is -4.42. The third-order valence-corrected chi connectivity index (χ3v) is 8.51. The monoisotopic (exact) mass is 697 g/mol. The Kier molecular flexibility index (Phi) is 33.3. The molecule has 0 heterocycles. The van der Waals surface area contributed by atoms with E-state index in [9.17, 15) is 24.2 Å². The van der Waals surface area contributed by atoms with Crippen molar-refractivity contribution >= 4 is 19.7 Å². The van der Waals surface area contributed by atoms with E-state index in [4.69, 9.17) is 13.8 Å². The van der Waals surface area contributed by atoms with Crippen LogP contribution in [-0.4, -0.2) is 54.3 Å². The molecular formula is C38H68NO8P. The average Bonchev–Trinajstić information content (AvgIpc) is 3.07. The van der Waals surface area contributed by atoms with Crippen LogP contribution in [0.5, 0.6) is 0 Å². The molecule has 0 aliphatic rings. The lowest BCUT2D eigenvalue weighted by Crippen LogP contribution is -2.27. The summed E-state index contributed by atoms with van der Waals surface area (Å²) >= 11 is 0. The maximum absolute atomic E-state index is 12.0. The van der Waals surface area contributed by atoms with Crippen LogP contribution in [0.4, 0.5) is 0 Å². The van der Waals surface area contributed by atoms with Gasteiger partial charge in [0, 0.05) is 19.4 Å². The first kappa shape index (κ1) is 46.0. The minimum absolute atomic E-state index is 0.0584. The van der Waals surface area contributed by atoms with E-state index in [0.29, 0.717) is 6.42 Å². The summed E-state index contributed by atoms with van der Waals surface area (Å²) in [5, 5.41) is 12.6. The molecule has 0 spiro atoms. The van der Waals surface area contributed by atoms with Gasteiger partial charge in [-0.25, -0.2) is 4.57 Å². The highest BCUT2D eigenvalue weighted by molar-refractivity contribution is 7.47. The first-order chi connectivity index (χ1) is 23.3. The third kappa shape index (κ3) is 35.3. The van der Waals surface area contributed by atoms with Crippen LogP contribution in [0.3, 0.4) is 0 Å². The van der Waals surface area contributed by atoms with E-state index in [1.54, 1.807) is 0 Å². The fourth-order valence-electron chi connectivity index (χ4n) is 4.72. The maximum atomic E-state index is 12.0. The van der Waals surface area contributed by atoms with Gasteiger partial charge in [-0.05, 0) is 51.4 Å². The Morgan fingerprint density at radius 3 is 1.77 bits per heavy atom. The predicted molar refractivity (Wildman–Crippen MR) is 197 cm³/mol. The summed E-state index contributed by atoms with van der Waals surface area (Å²) in [6.07, 6.45) is 37.6. The van der Waals surface area contributed by atoms with Gasteiger partial charge in [0.15, 0.2) is 0 Å². The molecule has 0 rings (SSSR count). The van der Waals surface area contributed by atoms with Crippen molar-refractivity contribution in [2.45, 2.75) is 155 Å². The smallest absolute Gasteiger partial charge is 0.463 e. The van der Waals surface area contributed by atoms with Crippen LogP contribution < -0.4 is 5.32 Å². The second-order valence-corrected chi connectivity index (χ2v) is 13.6. The molecule has 2 unspecified atom stereocenters. The standard InChI is InChI=1S/C38H68NO8P/c1-3-5-7-9-11-13-15-17-18-19-20-22-24-26-28-30-37(41)39-32-33-46-48(43,44)47-35-36(40)34-45-38(42)31-29-27-25-23-21-16-14-12-10-8-6-4-2/h5,7,11,13,17-18,20,22,36,40H,3-4,6,8-10,12,14-16,19,21,23-35H2,1-2H3,(H,39,41)(H,43,44)/b7-5-,13-11-,18-17-,22-20-. The number of aliphatic hydroxyl groups excluding tert-OH is 1. The number of carbonyl (C=O) groups is 2. The molecular weight excluding hydrogens is 629 g/mol. The molecule has 0 aromatic heterocycles. The molecule has 2 atom stereocenters. The van der Waals surface area contributed by atoms with Crippen LogP contribution >= 0.6 is 7.82 Å². The number of allylic oxidation sites excluding steroid dienone is 8. The van der Waals surface area contributed by atoms with Crippen molar-refractivity contribution in [3.63, 3.8) is 0 Å². The molecule has 3 N–H and O–H groups in total. The fraction of sp³-hybridized carbons (Fsp3) is 0.737. The van der Waals surface area contributed by atoms with E-state index in [1.807, 2.05) is 0 Å². The minimum Gasteiger partial charge on any atom is -0.463 e. The van der Waals surface area contributed by atoms with Gasteiger partial charge in [0.2, 0.25) is 5.91 Å². The molecule has 48 heavy (non-hydrogen) atoms. The van der Waals surface area contributed by atoms with Crippen molar-refractivity contribution in [3.8, 4) is 0 Å². The van der Waals surface area contributed by atoms with Crippen LogP contribution in [0, 0.1) is 0 Å². The van der Waals surface area contributed by atoms with Crippen LogP contribution in [0.2, 0.25) is 0 Å². The topological polar surface area (TPSA) is 131 Å². The summed E-state index contributed by atoms with van der Waals surface area (Å²) in [4.78, 5) is 33.7. The summed E-state index contributed by atoms with van der Waals surface area (Å²) < 4.78 is 26.7. The lowest BCUT2D eigenvalue weighted by molar-refractivity contribution is -0.147. The van der Waals surface area contributed by atoms with E-state index in [1.165, 1.54) is 57.8 Å². The number of phosphoric ester groups is 1. The number of carbonyl (C=O) groups excluding carboxylic acids is 2. The van der Waals surface area contributed by atoms with Crippen LogP contribution in [0.15, 0.2) is 48.6 Å². The number of aliphatic hydroxyl groups is 1. The Hall–Kier alpha value is -2.03. The molecule has 0 aliphatic carbocycles. The molecule has 1 amide bonds. The van der Waals surface area contributed by atoms with Crippen molar-refractivity contribution in [1.29, 1.82) is 0 Å². The van der Waals surface area contributed by atoms with Crippen molar-refractivity contribution in [2.24, 2.45) is 0 Å². The normalized spacial score (nSPS) is 14.0. The average molecular weight is 698 g/mol. The highest BCUT2D eigenvalue weighted by Gasteiger charge is 2.23. The molecule has 0 saturated heterocycles. The van der Waals surface area contributed by atoms with E-state index in [-0.39, 0.29) is 32.1 Å². The van der Waals surface area contributed by atoms with E-state index >= 15 is 0 Å². The quantitative estimate of drug-likeness (QED) is 0.0262. The van der Waals surface area contributed by atoms with E-state index in [0.717, 1.165) is 64.2 Å². The zero-order valence-electron chi connectivity index (χ0n) is 30.2. The first-order valence-electron chi connectivity index (χ1n) is 18.6. The number of unbranched alkanes of at least 4 members (excludes halogenated alkanes) is 13. The molecule has 10 heteroatoms. The summed E-state index contributed by atoms with van der Waals surface area (Å²) in [7, 11) is -4.42. The lowest BCUT2D eigenvalue weighted by Gasteiger charge is -2.15. The van der Waals surface area contributed by atoms with E-state index < -0.39 is 26.5 Å².